The van der Waals surface area contributed by atoms with Crippen molar-refractivity contribution in [2.75, 3.05) is 7.11 Å². The molecule has 2 aromatic rings. The van der Waals surface area contributed by atoms with Gasteiger partial charge in [-0.3, -0.25) is 0 Å². The van der Waals surface area contributed by atoms with Gasteiger partial charge in [-0.1, -0.05) is 12.1 Å². The summed E-state index contributed by atoms with van der Waals surface area (Å²) in [7, 11) is 1.50. The van der Waals surface area contributed by atoms with E-state index in [1.807, 2.05) is 0 Å². The number of halogens is 2. The van der Waals surface area contributed by atoms with E-state index in [9.17, 15) is 8.78 Å². The molecule has 0 radical (unpaired) electrons. The first-order valence-corrected chi connectivity index (χ1v) is 4.80. The minimum atomic E-state index is -0.397. The van der Waals surface area contributed by atoms with E-state index >= 15 is 0 Å². The van der Waals surface area contributed by atoms with Gasteiger partial charge in [-0.2, -0.15) is 0 Å². The second kappa shape index (κ2) is 4.31. The number of benzene rings is 2. The molecule has 0 aliphatic heterocycles. The molecule has 0 saturated heterocycles. The van der Waals surface area contributed by atoms with Crippen molar-refractivity contribution in [1.29, 1.82) is 0 Å². The summed E-state index contributed by atoms with van der Waals surface area (Å²) in [6.45, 7) is 0. The molecule has 1 nitrogen and oxygen atoms in total. The zero-order valence-corrected chi connectivity index (χ0v) is 8.71. The lowest BCUT2D eigenvalue weighted by atomic mass is 10.0. The average Bonchev–Trinajstić information content (AvgIpc) is 2.30. The molecule has 0 saturated carbocycles. The third-order valence-electron chi connectivity index (χ3n) is 2.31. The predicted molar refractivity (Wildman–Crippen MR) is 58.3 cm³/mol. The second-order valence-corrected chi connectivity index (χ2v) is 3.36. The van der Waals surface area contributed by atoms with E-state index in [0.717, 1.165) is 0 Å². The summed E-state index contributed by atoms with van der Waals surface area (Å²) >= 11 is 0. The van der Waals surface area contributed by atoms with Crippen LogP contribution in [0, 0.1) is 11.6 Å². The van der Waals surface area contributed by atoms with Crippen LogP contribution in [0.3, 0.4) is 0 Å². The highest BCUT2D eigenvalue weighted by Crippen LogP contribution is 2.27. The topological polar surface area (TPSA) is 9.23 Å². The normalized spacial score (nSPS) is 10.2. The van der Waals surface area contributed by atoms with E-state index in [0.29, 0.717) is 16.9 Å². The highest BCUT2D eigenvalue weighted by Gasteiger charge is 2.07. The summed E-state index contributed by atoms with van der Waals surface area (Å²) in [6.07, 6.45) is 0. The molecule has 0 amide bonds. The van der Waals surface area contributed by atoms with Gasteiger partial charge >= 0.3 is 0 Å². The third kappa shape index (κ3) is 2.03. The summed E-state index contributed by atoms with van der Waals surface area (Å²) < 4.78 is 31.6. The molecule has 0 fully saturated rings. The number of ether oxygens (including phenoxy) is 1. The number of hydrogen-bond acceptors (Lipinski definition) is 1. The van der Waals surface area contributed by atoms with Crippen LogP contribution in [0.25, 0.3) is 11.1 Å². The molecule has 16 heavy (non-hydrogen) atoms. The van der Waals surface area contributed by atoms with Crippen molar-refractivity contribution >= 4 is 0 Å². The summed E-state index contributed by atoms with van der Waals surface area (Å²) in [5.74, 6) is -0.244. The number of rotatable bonds is 2. The van der Waals surface area contributed by atoms with E-state index in [1.54, 1.807) is 18.2 Å². The van der Waals surface area contributed by atoms with Crippen molar-refractivity contribution in [2.45, 2.75) is 0 Å². The quantitative estimate of drug-likeness (QED) is 0.750. The van der Waals surface area contributed by atoms with E-state index in [2.05, 4.69) is 0 Å². The Bertz CT molecular complexity index is 509. The molecule has 0 aliphatic carbocycles. The Morgan fingerprint density at radius 1 is 1.00 bits per heavy atom. The minimum Gasteiger partial charge on any atom is -0.497 e. The Kier molecular flexibility index (Phi) is 2.86. The molecule has 0 bridgehead atoms. The highest BCUT2D eigenvalue weighted by atomic mass is 19.1. The maximum absolute atomic E-state index is 13.5. The summed E-state index contributed by atoms with van der Waals surface area (Å²) in [4.78, 5) is 0. The van der Waals surface area contributed by atoms with Gasteiger partial charge in [-0.05, 0) is 35.9 Å². The lowest BCUT2D eigenvalue weighted by Gasteiger charge is -2.06. The number of methoxy groups -OCH3 is 1. The van der Waals surface area contributed by atoms with Gasteiger partial charge in [0.1, 0.15) is 17.4 Å². The molecular weight excluding hydrogens is 210 g/mol. The average molecular weight is 220 g/mol. The van der Waals surface area contributed by atoms with E-state index in [4.69, 9.17) is 4.74 Å². The van der Waals surface area contributed by atoms with Gasteiger partial charge in [0, 0.05) is 5.56 Å². The molecule has 2 aromatic carbocycles. The van der Waals surface area contributed by atoms with Crippen molar-refractivity contribution < 1.29 is 13.5 Å². The van der Waals surface area contributed by atoms with Crippen LogP contribution in [0.1, 0.15) is 0 Å². The van der Waals surface area contributed by atoms with Gasteiger partial charge in [-0.15, -0.1) is 0 Å². The summed E-state index contributed by atoms with van der Waals surface area (Å²) in [5, 5.41) is 0. The summed E-state index contributed by atoms with van der Waals surface area (Å²) in [5.41, 5.74) is 0.829. The summed E-state index contributed by atoms with van der Waals surface area (Å²) in [6, 6.07) is 10.2. The van der Waals surface area contributed by atoms with Gasteiger partial charge < -0.3 is 4.74 Å². The monoisotopic (exact) mass is 220 g/mol. The maximum atomic E-state index is 13.5. The number of hydrogen-bond donors (Lipinski definition) is 0. The first-order valence-electron chi connectivity index (χ1n) is 4.80. The molecule has 3 heteroatoms. The second-order valence-electron chi connectivity index (χ2n) is 3.36. The van der Waals surface area contributed by atoms with Gasteiger partial charge in [0.25, 0.3) is 0 Å². The molecule has 0 atom stereocenters. The maximum Gasteiger partial charge on any atom is 0.131 e. The van der Waals surface area contributed by atoms with Crippen molar-refractivity contribution in [3.05, 3.63) is 54.1 Å². The van der Waals surface area contributed by atoms with Crippen molar-refractivity contribution in [2.24, 2.45) is 0 Å². The predicted octanol–water partition coefficient (Wildman–Crippen LogP) is 3.64. The Morgan fingerprint density at radius 2 is 1.81 bits per heavy atom. The van der Waals surface area contributed by atoms with Gasteiger partial charge in [0.2, 0.25) is 0 Å². The lowest BCUT2D eigenvalue weighted by molar-refractivity contribution is 0.414. The minimum absolute atomic E-state index is 0.332. The Hall–Kier alpha value is -1.90. The van der Waals surface area contributed by atoms with Crippen molar-refractivity contribution in [3.63, 3.8) is 0 Å². The Balaban J connectivity index is 2.54. The van der Waals surface area contributed by atoms with Crippen LogP contribution in [0.2, 0.25) is 0 Å². The van der Waals surface area contributed by atoms with Gasteiger partial charge in [0.05, 0.1) is 7.11 Å². The van der Waals surface area contributed by atoms with Crippen LogP contribution in [-0.4, -0.2) is 7.11 Å². The van der Waals surface area contributed by atoms with Gasteiger partial charge in [0.15, 0.2) is 0 Å². The SMILES string of the molecule is COc1ccc(F)c(-c2cccc(F)c2)c1. The first-order chi connectivity index (χ1) is 7.70. The van der Waals surface area contributed by atoms with Crippen LogP contribution in [0.5, 0.6) is 5.75 Å². The fraction of sp³-hybridized carbons (Fsp3) is 0.0769. The van der Waals surface area contributed by atoms with Crippen LogP contribution in [-0.2, 0) is 0 Å². The van der Waals surface area contributed by atoms with Crippen LogP contribution in [0.4, 0.5) is 8.78 Å². The standard InChI is InChI=1S/C13H10F2O/c1-16-11-5-6-13(15)12(8-11)9-3-2-4-10(14)7-9/h2-8H,1H3. The molecule has 0 heterocycles. The van der Waals surface area contributed by atoms with Gasteiger partial charge in [-0.25, -0.2) is 8.78 Å². The lowest BCUT2D eigenvalue weighted by Crippen LogP contribution is -1.88. The van der Waals surface area contributed by atoms with Crippen LogP contribution >= 0.6 is 0 Å². The van der Waals surface area contributed by atoms with Crippen molar-refractivity contribution in [1.82, 2.24) is 0 Å². The Labute approximate surface area is 92.3 Å². The molecule has 0 unspecified atom stereocenters. The zero-order valence-electron chi connectivity index (χ0n) is 8.71. The zero-order chi connectivity index (χ0) is 11.5. The fourth-order valence-electron chi connectivity index (χ4n) is 1.51. The molecule has 0 N–H and O–H groups in total. The van der Waals surface area contributed by atoms with Crippen LogP contribution in [0.15, 0.2) is 42.5 Å². The van der Waals surface area contributed by atoms with E-state index in [-0.39, 0.29) is 5.82 Å². The third-order valence-corrected chi connectivity index (χ3v) is 2.31. The Morgan fingerprint density at radius 3 is 2.50 bits per heavy atom. The molecule has 2 rings (SSSR count). The molecule has 0 aromatic heterocycles. The first kappa shape index (κ1) is 10.6. The largest absolute Gasteiger partial charge is 0.497 e. The fourth-order valence-corrected chi connectivity index (χ4v) is 1.51. The van der Waals surface area contributed by atoms with Crippen LogP contribution < -0.4 is 4.74 Å². The molecular formula is C13H10F2O. The van der Waals surface area contributed by atoms with E-state index < -0.39 is 5.82 Å². The van der Waals surface area contributed by atoms with E-state index in [1.165, 1.54) is 31.4 Å². The highest BCUT2D eigenvalue weighted by molar-refractivity contribution is 5.65. The van der Waals surface area contributed by atoms with Crippen molar-refractivity contribution in [3.8, 4) is 16.9 Å². The molecule has 82 valence electrons. The smallest absolute Gasteiger partial charge is 0.131 e. The molecule has 0 spiro atoms. The molecule has 0 aliphatic rings.